The van der Waals surface area contributed by atoms with Gasteiger partial charge in [-0.15, -0.1) is 0 Å². The molecule has 3 fully saturated rings. The fourth-order valence-electron chi connectivity index (χ4n) is 4.37. The molecule has 28 heavy (non-hydrogen) atoms. The molecule has 4 rings (SSSR count). The lowest BCUT2D eigenvalue weighted by Gasteiger charge is -2.32. The fourth-order valence-corrected chi connectivity index (χ4v) is 4.37. The Hall–Kier alpha value is -2.32. The van der Waals surface area contributed by atoms with Crippen molar-refractivity contribution in [1.82, 2.24) is 15.5 Å². The van der Waals surface area contributed by atoms with Crippen LogP contribution in [0.15, 0.2) is 24.3 Å². The van der Waals surface area contributed by atoms with Gasteiger partial charge in [-0.2, -0.15) is 0 Å². The molecular formula is C20H29N5O3. The molecule has 0 bridgehead atoms. The van der Waals surface area contributed by atoms with E-state index in [1.165, 1.54) is 12.8 Å². The number of carbonyl (C=O) groups excluding carboxylic acids is 2. The van der Waals surface area contributed by atoms with Crippen LogP contribution in [0.2, 0.25) is 0 Å². The van der Waals surface area contributed by atoms with Crippen LogP contribution in [-0.2, 0) is 4.74 Å². The van der Waals surface area contributed by atoms with Gasteiger partial charge in [0, 0.05) is 49.6 Å². The molecule has 3 N–H and O–H groups in total. The number of nitrogens with one attached hydrogen (secondary N) is 3. The molecule has 0 spiro atoms. The SMILES string of the molecule is O=C(NCC(C1CCOC1)N1CCCC1)Nc1cccc(N2CCNC2=O)c1. The summed E-state index contributed by atoms with van der Waals surface area (Å²) in [6.45, 7) is 5.70. The molecule has 3 heterocycles. The molecule has 3 aliphatic heterocycles. The Morgan fingerprint density at radius 2 is 2.14 bits per heavy atom. The highest BCUT2D eigenvalue weighted by Gasteiger charge is 2.32. The molecule has 3 saturated heterocycles. The Kier molecular flexibility index (Phi) is 5.97. The zero-order valence-corrected chi connectivity index (χ0v) is 16.2. The van der Waals surface area contributed by atoms with Gasteiger partial charge in [-0.1, -0.05) is 6.07 Å². The summed E-state index contributed by atoms with van der Waals surface area (Å²) in [6.07, 6.45) is 3.52. The zero-order valence-electron chi connectivity index (χ0n) is 16.2. The number of amides is 4. The van der Waals surface area contributed by atoms with Gasteiger partial charge in [0.05, 0.1) is 6.61 Å². The Morgan fingerprint density at radius 3 is 2.86 bits per heavy atom. The monoisotopic (exact) mass is 387 g/mol. The molecule has 0 saturated carbocycles. The molecule has 1 aromatic carbocycles. The summed E-state index contributed by atoms with van der Waals surface area (Å²) in [5, 5.41) is 8.73. The Labute approximate surface area is 165 Å². The van der Waals surface area contributed by atoms with Crippen molar-refractivity contribution < 1.29 is 14.3 Å². The molecule has 0 aliphatic carbocycles. The summed E-state index contributed by atoms with van der Waals surface area (Å²) in [7, 11) is 0. The molecule has 4 amide bonds. The third kappa shape index (κ3) is 4.39. The Morgan fingerprint density at radius 1 is 1.29 bits per heavy atom. The molecule has 0 aromatic heterocycles. The molecule has 0 radical (unpaired) electrons. The third-order valence-corrected chi connectivity index (χ3v) is 5.86. The van der Waals surface area contributed by atoms with E-state index in [4.69, 9.17) is 4.74 Å². The number of hydrogen-bond donors (Lipinski definition) is 3. The van der Waals surface area contributed by atoms with Gasteiger partial charge in [0.15, 0.2) is 0 Å². The number of likely N-dealkylation sites (tertiary alicyclic amines) is 1. The first-order chi connectivity index (χ1) is 13.7. The lowest BCUT2D eigenvalue weighted by atomic mass is 9.97. The normalized spacial score (nSPS) is 23.6. The number of anilines is 2. The summed E-state index contributed by atoms with van der Waals surface area (Å²) in [6, 6.07) is 7.39. The molecule has 8 nitrogen and oxygen atoms in total. The van der Waals surface area contributed by atoms with Crippen LogP contribution in [0.1, 0.15) is 19.3 Å². The summed E-state index contributed by atoms with van der Waals surface area (Å²) in [4.78, 5) is 28.5. The quantitative estimate of drug-likeness (QED) is 0.695. The number of urea groups is 2. The van der Waals surface area contributed by atoms with Crippen molar-refractivity contribution in [2.75, 3.05) is 56.2 Å². The van der Waals surface area contributed by atoms with Gasteiger partial charge < -0.3 is 20.7 Å². The average molecular weight is 387 g/mol. The van der Waals surface area contributed by atoms with Gasteiger partial charge in [-0.05, 0) is 50.6 Å². The number of rotatable bonds is 6. The van der Waals surface area contributed by atoms with E-state index < -0.39 is 0 Å². The average Bonchev–Trinajstić information content (AvgIpc) is 3.45. The second kappa shape index (κ2) is 8.79. The zero-order chi connectivity index (χ0) is 19.3. The van der Waals surface area contributed by atoms with Gasteiger partial charge >= 0.3 is 12.1 Å². The maximum Gasteiger partial charge on any atom is 0.321 e. The highest BCUT2D eigenvalue weighted by atomic mass is 16.5. The minimum atomic E-state index is -0.217. The molecule has 8 heteroatoms. The number of benzene rings is 1. The lowest BCUT2D eigenvalue weighted by molar-refractivity contribution is 0.135. The lowest BCUT2D eigenvalue weighted by Crippen LogP contribution is -2.48. The highest BCUT2D eigenvalue weighted by molar-refractivity contribution is 5.95. The molecule has 152 valence electrons. The van der Waals surface area contributed by atoms with E-state index in [0.717, 1.165) is 38.4 Å². The van der Waals surface area contributed by atoms with Crippen LogP contribution in [-0.4, -0.2) is 68.9 Å². The van der Waals surface area contributed by atoms with E-state index >= 15 is 0 Å². The summed E-state index contributed by atoms with van der Waals surface area (Å²) >= 11 is 0. The third-order valence-electron chi connectivity index (χ3n) is 5.86. The second-order valence-electron chi connectivity index (χ2n) is 7.70. The van der Waals surface area contributed by atoms with Gasteiger partial charge in [0.2, 0.25) is 0 Å². The number of nitrogens with zero attached hydrogens (tertiary/aromatic N) is 2. The van der Waals surface area contributed by atoms with Gasteiger partial charge in [-0.3, -0.25) is 9.80 Å². The predicted octanol–water partition coefficient (Wildman–Crippen LogP) is 1.84. The number of carbonyl (C=O) groups is 2. The highest BCUT2D eigenvalue weighted by Crippen LogP contribution is 2.24. The van der Waals surface area contributed by atoms with Gasteiger partial charge in [0.25, 0.3) is 0 Å². The van der Waals surface area contributed by atoms with E-state index in [-0.39, 0.29) is 12.1 Å². The molecule has 2 unspecified atom stereocenters. The van der Waals surface area contributed by atoms with Crippen molar-refractivity contribution in [2.45, 2.75) is 25.3 Å². The van der Waals surface area contributed by atoms with Crippen LogP contribution in [0, 0.1) is 5.92 Å². The van der Waals surface area contributed by atoms with Crippen molar-refractivity contribution in [3.8, 4) is 0 Å². The maximum atomic E-state index is 12.5. The van der Waals surface area contributed by atoms with Gasteiger partial charge in [0.1, 0.15) is 0 Å². The first-order valence-corrected chi connectivity index (χ1v) is 10.2. The number of ether oxygens (including phenoxy) is 1. The standard InChI is InChI=1S/C20H29N5O3/c26-19(22-13-18(15-6-11-28-14-15)24-8-1-2-9-24)23-16-4-3-5-17(12-16)25-10-7-21-20(25)27/h3-5,12,15,18H,1-2,6-11,13-14H2,(H,21,27)(H2,22,23,26). The maximum absolute atomic E-state index is 12.5. The smallest absolute Gasteiger partial charge is 0.321 e. The first kappa shape index (κ1) is 19.0. The minimum Gasteiger partial charge on any atom is -0.381 e. The molecule has 1 aromatic rings. The summed E-state index contributed by atoms with van der Waals surface area (Å²) in [5.41, 5.74) is 1.46. The van der Waals surface area contributed by atoms with Gasteiger partial charge in [-0.25, -0.2) is 9.59 Å². The van der Waals surface area contributed by atoms with E-state index in [1.54, 1.807) is 4.90 Å². The first-order valence-electron chi connectivity index (χ1n) is 10.2. The van der Waals surface area contributed by atoms with Crippen LogP contribution < -0.4 is 20.9 Å². The number of hydrogen-bond acceptors (Lipinski definition) is 4. The predicted molar refractivity (Wildman–Crippen MR) is 108 cm³/mol. The second-order valence-corrected chi connectivity index (χ2v) is 7.70. The van der Waals surface area contributed by atoms with Crippen LogP contribution in [0.25, 0.3) is 0 Å². The van der Waals surface area contributed by atoms with Crippen molar-refractivity contribution in [2.24, 2.45) is 5.92 Å². The van der Waals surface area contributed by atoms with Crippen molar-refractivity contribution in [1.29, 1.82) is 0 Å². The molecule has 2 atom stereocenters. The van der Waals surface area contributed by atoms with Crippen LogP contribution in [0.3, 0.4) is 0 Å². The summed E-state index contributed by atoms with van der Waals surface area (Å²) in [5.74, 6) is 0.482. The largest absolute Gasteiger partial charge is 0.381 e. The van der Waals surface area contributed by atoms with Crippen LogP contribution in [0.4, 0.5) is 21.0 Å². The van der Waals surface area contributed by atoms with Crippen molar-refractivity contribution in [3.05, 3.63) is 24.3 Å². The van der Waals surface area contributed by atoms with Crippen LogP contribution >= 0.6 is 0 Å². The topological polar surface area (TPSA) is 85.9 Å². The van der Waals surface area contributed by atoms with E-state index in [0.29, 0.717) is 37.3 Å². The summed E-state index contributed by atoms with van der Waals surface area (Å²) < 4.78 is 5.58. The molecule has 3 aliphatic rings. The van der Waals surface area contributed by atoms with E-state index in [9.17, 15) is 9.59 Å². The van der Waals surface area contributed by atoms with Crippen molar-refractivity contribution >= 4 is 23.4 Å². The van der Waals surface area contributed by atoms with E-state index in [1.807, 2.05) is 24.3 Å². The van der Waals surface area contributed by atoms with E-state index in [2.05, 4.69) is 20.9 Å². The minimum absolute atomic E-state index is 0.103. The Balaban J connectivity index is 1.33. The Bertz CT molecular complexity index is 685. The molecular weight excluding hydrogens is 358 g/mol. The van der Waals surface area contributed by atoms with Crippen LogP contribution in [0.5, 0.6) is 0 Å². The van der Waals surface area contributed by atoms with Crippen molar-refractivity contribution in [3.63, 3.8) is 0 Å². The fraction of sp³-hybridized carbons (Fsp3) is 0.600.